The van der Waals surface area contributed by atoms with Gasteiger partial charge in [0.15, 0.2) is 0 Å². The molecule has 0 aliphatic carbocycles. The lowest BCUT2D eigenvalue weighted by atomic mass is 10.1. The van der Waals surface area contributed by atoms with Gasteiger partial charge in [-0.3, -0.25) is 19.7 Å². The van der Waals surface area contributed by atoms with Crippen LogP contribution in [-0.2, 0) is 6.54 Å². The van der Waals surface area contributed by atoms with Crippen LogP contribution in [0.3, 0.4) is 0 Å². The number of carbonyl (C=O) groups is 2. The number of hydrogen-bond donors (Lipinski definition) is 2. The van der Waals surface area contributed by atoms with Crippen LogP contribution in [0.15, 0.2) is 66.7 Å². The molecule has 1 aliphatic rings. The lowest BCUT2D eigenvalue weighted by molar-refractivity contribution is -0.384. The number of anilines is 2. The SMILES string of the molecule is Cc1ccc(C(=O)Nc2cccc(CNC(=O)c3ccc(N4CCCC4)c([N+](=O)[O-])c3)c2)cc1. The molecule has 2 amide bonds. The number of amides is 2. The summed E-state index contributed by atoms with van der Waals surface area (Å²) in [5.74, 6) is -0.614. The summed E-state index contributed by atoms with van der Waals surface area (Å²) >= 11 is 0. The Kier molecular flexibility index (Phi) is 6.87. The fourth-order valence-corrected chi connectivity index (χ4v) is 3.99. The zero-order valence-corrected chi connectivity index (χ0v) is 18.9. The minimum absolute atomic E-state index is 0.0598. The normalized spacial score (nSPS) is 12.9. The minimum Gasteiger partial charge on any atom is -0.366 e. The molecular weight excluding hydrogens is 432 g/mol. The highest BCUT2D eigenvalue weighted by atomic mass is 16.6. The van der Waals surface area contributed by atoms with Crippen molar-refractivity contribution in [2.45, 2.75) is 26.3 Å². The van der Waals surface area contributed by atoms with Crippen LogP contribution in [-0.4, -0.2) is 29.8 Å². The lowest BCUT2D eigenvalue weighted by Crippen LogP contribution is -2.24. The summed E-state index contributed by atoms with van der Waals surface area (Å²) in [7, 11) is 0. The van der Waals surface area contributed by atoms with E-state index in [1.807, 2.05) is 30.0 Å². The van der Waals surface area contributed by atoms with Crippen LogP contribution in [0, 0.1) is 17.0 Å². The van der Waals surface area contributed by atoms with Crippen molar-refractivity contribution in [2.75, 3.05) is 23.3 Å². The fraction of sp³-hybridized carbons (Fsp3) is 0.231. The monoisotopic (exact) mass is 458 g/mol. The zero-order valence-electron chi connectivity index (χ0n) is 18.9. The van der Waals surface area contributed by atoms with Gasteiger partial charge >= 0.3 is 0 Å². The van der Waals surface area contributed by atoms with Crippen molar-refractivity contribution in [3.05, 3.63) is 99.1 Å². The summed E-state index contributed by atoms with van der Waals surface area (Å²) in [6.45, 7) is 3.74. The first kappa shape index (κ1) is 23.0. The first-order valence-electron chi connectivity index (χ1n) is 11.2. The first-order valence-corrected chi connectivity index (χ1v) is 11.2. The molecule has 34 heavy (non-hydrogen) atoms. The molecule has 8 nitrogen and oxygen atoms in total. The highest BCUT2D eigenvalue weighted by Gasteiger charge is 2.23. The van der Waals surface area contributed by atoms with Crippen molar-refractivity contribution < 1.29 is 14.5 Å². The molecule has 0 atom stereocenters. The lowest BCUT2D eigenvalue weighted by Gasteiger charge is -2.17. The topological polar surface area (TPSA) is 105 Å². The number of benzene rings is 3. The molecule has 0 bridgehead atoms. The van der Waals surface area contributed by atoms with E-state index in [1.165, 1.54) is 6.07 Å². The third kappa shape index (κ3) is 5.40. The largest absolute Gasteiger partial charge is 0.366 e. The molecule has 1 fully saturated rings. The highest BCUT2D eigenvalue weighted by molar-refractivity contribution is 6.04. The molecule has 0 saturated carbocycles. The third-order valence-electron chi connectivity index (χ3n) is 5.83. The second-order valence-corrected chi connectivity index (χ2v) is 8.36. The van der Waals surface area contributed by atoms with Crippen LogP contribution < -0.4 is 15.5 Å². The molecule has 174 valence electrons. The van der Waals surface area contributed by atoms with Crippen LogP contribution in [0.1, 0.15) is 44.7 Å². The molecule has 4 rings (SSSR count). The van der Waals surface area contributed by atoms with Crippen LogP contribution in [0.25, 0.3) is 0 Å². The van der Waals surface area contributed by atoms with E-state index in [0.717, 1.165) is 37.1 Å². The van der Waals surface area contributed by atoms with Gasteiger partial charge < -0.3 is 15.5 Å². The van der Waals surface area contributed by atoms with Crippen LogP contribution in [0.2, 0.25) is 0 Å². The summed E-state index contributed by atoms with van der Waals surface area (Å²) < 4.78 is 0. The van der Waals surface area contributed by atoms with Crippen LogP contribution >= 0.6 is 0 Å². The Morgan fingerprint density at radius 3 is 2.35 bits per heavy atom. The maximum Gasteiger partial charge on any atom is 0.293 e. The van der Waals surface area contributed by atoms with Gasteiger partial charge in [-0.25, -0.2) is 0 Å². The predicted octanol–water partition coefficient (Wildman–Crippen LogP) is 4.69. The van der Waals surface area contributed by atoms with E-state index in [4.69, 9.17) is 0 Å². The molecule has 1 saturated heterocycles. The summed E-state index contributed by atoms with van der Waals surface area (Å²) in [5.41, 5.74) is 3.76. The average Bonchev–Trinajstić information content (AvgIpc) is 3.37. The number of rotatable bonds is 7. The smallest absolute Gasteiger partial charge is 0.293 e. The van der Waals surface area contributed by atoms with Gasteiger partial charge in [-0.05, 0) is 61.7 Å². The molecule has 3 aromatic carbocycles. The van der Waals surface area contributed by atoms with E-state index in [2.05, 4.69) is 10.6 Å². The van der Waals surface area contributed by atoms with Gasteiger partial charge in [-0.15, -0.1) is 0 Å². The maximum atomic E-state index is 12.7. The number of hydrogen-bond acceptors (Lipinski definition) is 5. The molecule has 3 aromatic rings. The molecule has 0 unspecified atom stereocenters. The number of carbonyl (C=O) groups excluding carboxylic acids is 2. The summed E-state index contributed by atoms with van der Waals surface area (Å²) in [4.78, 5) is 38.3. The van der Waals surface area contributed by atoms with Crippen molar-refractivity contribution in [3.63, 3.8) is 0 Å². The van der Waals surface area contributed by atoms with Crippen molar-refractivity contribution >= 4 is 28.9 Å². The number of nitro benzene ring substituents is 1. The second kappa shape index (κ2) is 10.2. The fourth-order valence-electron chi connectivity index (χ4n) is 3.99. The van der Waals surface area contributed by atoms with E-state index in [1.54, 1.807) is 42.5 Å². The Hall–Kier alpha value is -4.20. The Morgan fingerprint density at radius 2 is 1.65 bits per heavy atom. The van der Waals surface area contributed by atoms with Crippen LogP contribution in [0.4, 0.5) is 17.1 Å². The van der Waals surface area contributed by atoms with Gasteiger partial charge in [0.1, 0.15) is 5.69 Å². The average molecular weight is 459 g/mol. The number of nitro groups is 1. The van der Waals surface area contributed by atoms with E-state index < -0.39 is 10.8 Å². The van der Waals surface area contributed by atoms with E-state index in [0.29, 0.717) is 16.9 Å². The summed E-state index contributed by atoms with van der Waals surface area (Å²) in [6, 6.07) is 19.1. The molecule has 1 heterocycles. The first-order chi connectivity index (χ1) is 16.4. The van der Waals surface area contributed by atoms with Gasteiger partial charge in [-0.2, -0.15) is 0 Å². The van der Waals surface area contributed by atoms with Gasteiger partial charge in [0, 0.05) is 42.5 Å². The van der Waals surface area contributed by atoms with Crippen LogP contribution in [0.5, 0.6) is 0 Å². The van der Waals surface area contributed by atoms with Gasteiger partial charge in [0.25, 0.3) is 17.5 Å². The minimum atomic E-state index is -0.440. The van der Waals surface area contributed by atoms with Crippen molar-refractivity contribution in [2.24, 2.45) is 0 Å². The molecule has 8 heteroatoms. The molecule has 0 spiro atoms. The summed E-state index contributed by atoms with van der Waals surface area (Å²) in [6.07, 6.45) is 2.01. The van der Waals surface area contributed by atoms with Crippen molar-refractivity contribution in [1.82, 2.24) is 5.32 Å². The van der Waals surface area contributed by atoms with E-state index in [9.17, 15) is 19.7 Å². The predicted molar refractivity (Wildman–Crippen MR) is 131 cm³/mol. The Labute approximate surface area is 197 Å². The molecule has 2 N–H and O–H groups in total. The number of aryl methyl sites for hydroxylation is 1. The maximum absolute atomic E-state index is 12.7. The van der Waals surface area contributed by atoms with Gasteiger partial charge in [-0.1, -0.05) is 29.8 Å². The summed E-state index contributed by atoms with van der Waals surface area (Å²) in [5, 5.41) is 17.2. The highest BCUT2D eigenvalue weighted by Crippen LogP contribution is 2.31. The standard InChI is InChI=1S/C26H26N4O4/c1-18-7-9-20(10-8-18)26(32)28-22-6-4-5-19(15-22)17-27-25(31)21-11-12-23(24(16-21)30(33)34)29-13-2-3-14-29/h4-12,15-16H,2-3,13-14,17H2,1H3,(H,27,31)(H,28,32). The Balaban J connectivity index is 1.41. The second-order valence-electron chi connectivity index (χ2n) is 8.36. The van der Waals surface area contributed by atoms with Gasteiger partial charge in [0.2, 0.25) is 0 Å². The quantitative estimate of drug-likeness (QED) is 0.395. The molecule has 1 aliphatic heterocycles. The van der Waals surface area contributed by atoms with Crippen molar-refractivity contribution in [1.29, 1.82) is 0 Å². The molecule has 0 radical (unpaired) electrons. The Morgan fingerprint density at radius 1 is 0.941 bits per heavy atom. The number of nitrogens with zero attached hydrogens (tertiary/aromatic N) is 2. The van der Waals surface area contributed by atoms with Gasteiger partial charge in [0.05, 0.1) is 4.92 Å². The zero-order chi connectivity index (χ0) is 24.1. The van der Waals surface area contributed by atoms with Crippen molar-refractivity contribution in [3.8, 4) is 0 Å². The van der Waals surface area contributed by atoms with E-state index >= 15 is 0 Å². The third-order valence-corrected chi connectivity index (χ3v) is 5.83. The Bertz CT molecular complexity index is 1220. The molecule has 0 aromatic heterocycles. The number of nitrogens with one attached hydrogen (secondary N) is 2. The molecular formula is C26H26N4O4. The van der Waals surface area contributed by atoms with E-state index in [-0.39, 0.29) is 23.7 Å².